The standard InChI is InChI=1S/C22H20N2O2/c1-15-7-5-6-10-17(15)14-24-19-12-11-18(23)13-20(19)26-21(22(24)25)16-8-3-2-4-9-16/h2-13,21H,14,23H2,1H3. The maximum atomic E-state index is 13.3. The Labute approximate surface area is 152 Å². The van der Waals surface area contributed by atoms with Crippen molar-refractivity contribution >= 4 is 17.3 Å². The van der Waals surface area contributed by atoms with Gasteiger partial charge in [0.2, 0.25) is 6.10 Å². The SMILES string of the molecule is Cc1ccccc1CN1C(=O)C(c2ccccc2)Oc2cc(N)ccc21. The van der Waals surface area contributed by atoms with Gasteiger partial charge in [0.1, 0.15) is 5.75 Å². The minimum Gasteiger partial charge on any atom is -0.474 e. The molecule has 0 fully saturated rings. The van der Waals surface area contributed by atoms with E-state index in [1.54, 1.807) is 17.0 Å². The van der Waals surface area contributed by atoms with Crippen LogP contribution >= 0.6 is 0 Å². The lowest BCUT2D eigenvalue weighted by atomic mass is 10.0. The van der Waals surface area contributed by atoms with Crippen molar-refractivity contribution < 1.29 is 9.53 Å². The maximum absolute atomic E-state index is 13.3. The average molecular weight is 344 g/mol. The third-order valence-corrected chi connectivity index (χ3v) is 4.70. The second-order valence-electron chi connectivity index (χ2n) is 6.49. The maximum Gasteiger partial charge on any atom is 0.273 e. The van der Waals surface area contributed by atoms with Crippen LogP contribution in [0.2, 0.25) is 0 Å². The molecule has 0 spiro atoms. The topological polar surface area (TPSA) is 55.6 Å². The summed E-state index contributed by atoms with van der Waals surface area (Å²) in [5, 5.41) is 0. The molecule has 26 heavy (non-hydrogen) atoms. The number of carbonyl (C=O) groups excluding carboxylic acids is 1. The van der Waals surface area contributed by atoms with Gasteiger partial charge in [0, 0.05) is 17.3 Å². The van der Waals surface area contributed by atoms with Crippen molar-refractivity contribution in [1.82, 2.24) is 0 Å². The lowest BCUT2D eigenvalue weighted by molar-refractivity contribution is -0.126. The number of nitrogens with two attached hydrogens (primary N) is 1. The molecule has 1 unspecified atom stereocenters. The van der Waals surface area contributed by atoms with Gasteiger partial charge in [-0.25, -0.2) is 0 Å². The minimum atomic E-state index is -0.672. The zero-order valence-electron chi connectivity index (χ0n) is 14.6. The highest BCUT2D eigenvalue weighted by atomic mass is 16.5. The van der Waals surface area contributed by atoms with Crippen molar-refractivity contribution in [2.45, 2.75) is 19.6 Å². The number of anilines is 2. The summed E-state index contributed by atoms with van der Waals surface area (Å²) in [6.45, 7) is 2.55. The van der Waals surface area contributed by atoms with Crippen LogP contribution < -0.4 is 15.4 Å². The summed E-state index contributed by atoms with van der Waals surface area (Å²) in [4.78, 5) is 15.0. The van der Waals surface area contributed by atoms with E-state index in [9.17, 15) is 4.79 Å². The minimum absolute atomic E-state index is 0.0725. The van der Waals surface area contributed by atoms with E-state index in [1.807, 2.05) is 54.6 Å². The number of amides is 1. The second kappa shape index (κ2) is 6.56. The molecule has 3 aromatic carbocycles. The first kappa shape index (κ1) is 16.2. The highest BCUT2D eigenvalue weighted by Gasteiger charge is 2.35. The largest absolute Gasteiger partial charge is 0.474 e. The molecule has 1 aliphatic heterocycles. The highest BCUT2D eigenvalue weighted by Crippen LogP contribution is 2.40. The molecule has 2 N–H and O–H groups in total. The summed E-state index contributed by atoms with van der Waals surface area (Å²) in [6, 6.07) is 23.1. The van der Waals surface area contributed by atoms with Crippen LogP contribution in [0.5, 0.6) is 5.75 Å². The van der Waals surface area contributed by atoms with Crippen LogP contribution in [0.4, 0.5) is 11.4 Å². The van der Waals surface area contributed by atoms with E-state index in [0.717, 1.165) is 22.4 Å². The summed E-state index contributed by atoms with van der Waals surface area (Å²) < 4.78 is 6.04. The monoisotopic (exact) mass is 344 g/mol. The van der Waals surface area contributed by atoms with Crippen LogP contribution in [0.25, 0.3) is 0 Å². The number of carbonyl (C=O) groups is 1. The lowest BCUT2D eigenvalue weighted by Crippen LogP contribution is -2.40. The Morgan fingerprint density at radius 2 is 1.73 bits per heavy atom. The van der Waals surface area contributed by atoms with E-state index in [-0.39, 0.29) is 5.91 Å². The molecule has 0 aliphatic carbocycles. The number of rotatable bonds is 3. The van der Waals surface area contributed by atoms with Gasteiger partial charge in [-0.1, -0.05) is 54.6 Å². The third-order valence-electron chi connectivity index (χ3n) is 4.70. The molecule has 0 bridgehead atoms. The third kappa shape index (κ3) is 2.90. The lowest BCUT2D eigenvalue weighted by Gasteiger charge is -2.35. The van der Waals surface area contributed by atoms with Crippen molar-refractivity contribution in [3.05, 3.63) is 89.5 Å². The van der Waals surface area contributed by atoms with Crippen LogP contribution in [0, 0.1) is 6.92 Å². The summed E-state index contributed by atoms with van der Waals surface area (Å²) in [6.07, 6.45) is -0.672. The van der Waals surface area contributed by atoms with Crippen LogP contribution in [0.3, 0.4) is 0 Å². The van der Waals surface area contributed by atoms with Gasteiger partial charge in [0.25, 0.3) is 5.91 Å². The predicted octanol–water partition coefficient (Wildman–Crippen LogP) is 4.24. The molecule has 3 aromatic rings. The molecular formula is C22H20N2O2. The molecule has 0 aromatic heterocycles. The molecule has 1 amide bonds. The number of aryl methyl sites for hydroxylation is 1. The number of hydrogen-bond donors (Lipinski definition) is 1. The molecule has 1 atom stereocenters. The number of benzene rings is 3. The molecule has 4 heteroatoms. The Kier molecular flexibility index (Phi) is 4.09. The zero-order valence-corrected chi connectivity index (χ0v) is 14.6. The Morgan fingerprint density at radius 1 is 1.00 bits per heavy atom. The molecule has 0 saturated heterocycles. The first-order valence-electron chi connectivity index (χ1n) is 8.60. The Hall–Kier alpha value is -3.27. The van der Waals surface area contributed by atoms with E-state index in [0.29, 0.717) is 18.0 Å². The Morgan fingerprint density at radius 3 is 2.50 bits per heavy atom. The van der Waals surface area contributed by atoms with Gasteiger partial charge in [0.05, 0.1) is 12.2 Å². The fourth-order valence-corrected chi connectivity index (χ4v) is 3.25. The molecule has 130 valence electrons. The van der Waals surface area contributed by atoms with Crippen molar-refractivity contribution in [2.24, 2.45) is 0 Å². The van der Waals surface area contributed by atoms with Crippen LogP contribution in [-0.4, -0.2) is 5.91 Å². The van der Waals surface area contributed by atoms with E-state index in [4.69, 9.17) is 10.5 Å². The molecular weight excluding hydrogens is 324 g/mol. The molecule has 0 radical (unpaired) electrons. The molecule has 1 heterocycles. The number of nitrogens with zero attached hydrogens (tertiary/aromatic N) is 1. The number of hydrogen-bond acceptors (Lipinski definition) is 3. The number of fused-ring (bicyclic) bond motifs is 1. The van der Waals surface area contributed by atoms with E-state index in [1.165, 1.54) is 0 Å². The van der Waals surface area contributed by atoms with Crippen molar-refractivity contribution in [2.75, 3.05) is 10.6 Å². The van der Waals surface area contributed by atoms with Crippen LogP contribution in [-0.2, 0) is 11.3 Å². The van der Waals surface area contributed by atoms with Crippen molar-refractivity contribution in [1.29, 1.82) is 0 Å². The van der Waals surface area contributed by atoms with Crippen LogP contribution in [0.15, 0.2) is 72.8 Å². The van der Waals surface area contributed by atoms with Gasteiger partial charge < -0.3 is 15.4 Å². The van der Waals surface area contributed by atoms with Gasteiger partial charge in [-0.3, -0.25) is 4.79 Å². The van der Waals surface area contributed by atoms with E-state index >= 15 is 0 Å². The first-order valence-corrected chi connectivity index (χ1v) is 8.60. The number of ether oxygens (including phenoxy) is 1. The summed E-state index contributed by atoms with van der Waals surface area (Å²) in [5.41, 5.74) is 10.4. The summed E-state index contributed by atoms with van der Waals surface area (Å²) in [7, 11) is 0. The molecule has 4 rings (SSSR count). The second-order valence-corrected chi connectivity index (χ2v) is 6.49. The van der Waals surface area contributed by atoms with Gasteiger partial charge in [-0.2, -0.15) is 0 Å². The van der Waals surface area contributed by atoms with Crippen molar-refractivity contribution in [3.63, 3.8) is 0 Å². The summed E-state index contributed by atoms with van der Waals surface area (Å²) >= 11 is 0. The van der Waals surface area contributed by atoms with Gasteiger partial charge in [-0.05, 0) is 30.2 Å². The highest BCUT2D eigenvalue weighted by molar-refractivity contribution is 6.00. The normalized spacial score (nSPS) is 16.1. The smallest absolute Gasteiger partial charge is 0.273 e. The van der Waals surface area contributed by atoms with Gasteiger partial charge in [-0.15, -0.1) is 0 Å². The van der Waals surface area contributed by atoms with Crippen LogP contribution in [0.1, 0.15) is 22.8 Å². The Balaban J connectivity index is 1.78. The summed E-state index contributed by atoms with van der Waals surface area (Å²) in [5.74, 6) is 0.559. The molecule has 4 nitrogen and oxygen atoms in total. The fraction of sp³-hybridized carbons (Fsp3) is 0.136. The Bertz CT molecular complexity index is 953. The molecule has 1 aliphatic rings. The average Bonchev–Trinajstić information content (AvgIpc) is 2.66. The predicted molar refractivity (Wildman–Crippen MR) is 103 cm³/mol. The fourth-order valence-electron chi connectivity index (χ4n) is 3.25. The van der Waals surface area contributed by atoms with Gasteiger partial charge >= 0.3 is 0 Å². The quantitative estimate of drug-likeness (QED) is 0.723. The van der Waals surface area contributed by atoms with E-state index in [2.05, 4.69) is 13.0 Å². The zero-order chi connectivity index (χ0) is 18.1. The van der Waals surface area contributed by atoms with E-state index < -0.39 is 6.10 Å². The number of nitrogen functional groups attached to an aromatic ring is 1. The van der Waals surface area contributed by atoms with Crippen molar-refractivity contribution in [3.8, 4) is 5.75 Å². The molecule has 0 saturated carbocycles. The van der Waals surface area contributed by atoms with Gasteiger partial charge in [0.15, 0.2) is 0 Å². The first-order chi connectivity index (χ1) is 12.6.